The van der Waals surface area contributed by atoms with Crippen molar-refractivity contribution in [3.63, 3.8) is 0 Å². The monoisotopic (exact) mass is 496 g/mol. The summed E-state index contributed by atoms with van der Waals surface area (Å²) in [5, 5.41) is 0. The van der Waals surface area contributed by atoms with Crippen molar-refractivity contribution in [2.24, 2.45) is 5.41 Å². The molecule has 0 saturated heterocycles. The van der Waals surface area contributed by atoms with Crippen LogP contribution in [0.2, 0.25) is 13.3 Å². The molecule has 160 valence electrons. The summed E-state index contributed by atoms with van der Waals surface area (Å²) in [6.45, 7) is 11.8. The summed E-state index contributed by atoms with van der Waals surface area (Å²) in [4.78, 5) is 0. The third-order valence-corrected chi connectivity index (χ3v) is 19.5. The van der Waals surface area contributed by atoms with Crippen LogP contribution >= 0.6 is 0 Å². The summed E-state index contributed by atoms with van der Waals surface area (Å²) in [6, 6.07) is 2.15. The summed E-state index contributed by atoms with van der Waals surface area (Å²) in [6.07, 6.45) is 18.0. The standard InChI is InChI=1S/C13H17O2.3C4H9.Sn/c1-13(2)7-4-3-5-11(13)12(14)10-6-8-15-9-10;3*1-3-4-2;/h5-6,8-9,12H,3-4,7H2,1-2H3;3*1,3-4H2,2H3;/q-1;;;;+1/t12-;;;;/m1..../s1. The van der Waals surface area contributed by atoms with E-state index < -0.39 is 18.8 Å². The zero-order valence-electron chi connectivity index (χ0n) is 19.2. The van der Waals surface area contributed by atoms with Crippen LogP contribution in [0.5, 0.6) is 0 Å². The molecule has 1 aliphatic carbocycles. The molecule has 0 aliphatic heterocycles. The van der Waals surface area contributed by atoms with E-state index in [0.29, 0.717) is 0 Å². The summed E-state index contributed by atoms with van der Waals surface area (Å²) in [5.74, 6) is 0. The molecule has 0 amide bonds. The van der Waals surface area contributed by atoms with Crippen molar-refractivity contribution >= 4 is 18.8 Å². The minimum atomic E-state index is -2.72. The fourth-order valence-corrected chi connectivity index (χ4v) is 18.6. The van der Waals surface area contributed by atoms with Crippen LogP contribution in [-0.4, -0.2) is 18.8 Å². The van der Waals surface area contributed by atoms with Gasteiger partial charge < -0.3 is 0 Å². The van der Waals surface area contributed by atoms with Gasteiger partial charge in [-0.3, -0.25) is 0 Å². The maximum absolute atomic E-state index is 7.45. The van der Waals surface area contributed by atoms with Crippen LogP contribution in [0.1, 0.15) is 104 Å². The van der Waals surface area contributed by atoms with Crippen LogP contribution in [0.25, 0.3) is 0 Å². The van der Waals surface area contributed by atoms with Crippen molar-refractivity contribution in [2.75, 3.05) is 0 Å². The van der Waals surface area contributed by atoms with Gasteiger partial charge in [0, 0.05) is 0 Å². The minimum absolute atomic E-state index is 0.121. The molecule has 28 heavy (non-hydrogen) atoms. The molecular weight excluding hydrogens is 451 g/mol. The van der Waals surface area contributed by atoms with Gasteiger partial charge in [0.05, 0.1) is 0 Å². The summed E-state index contributed by atoms with van der Waals surface area (Å²) in [5.41, 5.74) is 2.98. The zero-order chi connectivity index (χ0) is 20.5. The molecule has 1 heterocycles. The fourth-order valence-electron chi connectivity index (χ4n) is 4.72. The van der Waals surface area contributed by atoms with Crippen molar-refractivity contribution in [1.29, 1.82) is 0 Å². The Morgan fingerprint density at radius 1 is 1.04 bits per heavy atom. The second-order valence-electron chi connectivity index (χ2n) is 9.48. The number of rotatable bonds is 13. The molecule has 0 fully saturated rings. The van der Waals surface area contributed by atoms with Crippen molar-refractivity contribution in [3.05, 3.63) is 35.8 Å². The van der Waals surface area contributed by atoms with Crippen LogP contribution in [0.3, 0.4) is 0 Å². The van der Waals surface area contributed by atoms with Gasteiger partial charge in [-0.1, -0.05) is 0 Å². The van der Waals surface area contributed by atoms with E-state index in [9.17, 15) is 0 Å². The Kier molecular flexibility index (Phi) is 10.2. The number of furan rings is 1. The van der Waals surface area contributed by atoms with Crippen LogP contribution in [-0.2, 0) is 3.07 Å². The molecule has 0 saturated carbocycles. The summed E-state index contributed by atoms with van der Waals surface area (Å²) in [7, 11) is 0. The maximum atomic E-state index is 7.45. The molecule has 1 aromatic rings. The van der Waals surface area contributed by atoms with E-state index in [4.69, 9.17) is 7.49 Å². The first-order chi connectivity index (χ1) is 13.5. The third kappa shape index (κ3) is 6.65. The Morgan fingerprint density at radius 2 is 1.64 bits per heavy atom. The van der Waals surface area contributed by atoms with Gasteiger partial charge in [0.1, 0.15) is 0 Å². The topological polar surface area (TPSA) is 22.4 Å². The Labute approximate surface area is 178 Å². The molecular formula is C25H44O2Sn. The van der Waals surface area contributed by atoms with E-state index in [-0.39, 0.29) is 11.5 Å². The van der Waals surface area contributed by atoms with Gasteiger partial charge in [-0.2, -0.15) is 0 Å². The molecule has 0 aromatic carbocycles. The van der Waals surface area contributed by atoms with Gasteiger partial charge in [-0.05, 0) is 0 Å². The Bertz CT molecular complexity index is 552. The van der Waals surface area contributed by atoms with Crippen molar-refractivity contribution in [2.45, 2.75) is 112 Å². The van der Waals surface area contributed by atoms with Crippen LogP contribution in [0.15, 0.2) is 34.7 Å². The summed E-state index contributed by atoms with van der Waals surface area (Å²) >= 11 is -2.72. The van der Waals surface area contributed by atoms with Crippen molar-refractivity contribution < 1.29 is 7.49 Å². The molecule has 0 spiro atoms. The molecule has 1 atom stereocenters. The number of unbranched alkanes of at least 4 members (excludes halogenated alkanes) is 3. The number of hydrogen-bond donors (Lipinski definition) is 0. The molecule has 0 N–H and O–H groups in total. The third-order valence-electron chi connectivity index (χ3n) is 6.61. The molecule has 2 rings (SSSR count). The van der Waals surface area contributed by atoms with Crippen molar-refractivity contribution in [1.82, 2.24) is 0 Å². The van der Waals surface area contributed by atoms with E-state index in [0.717, 1.165) is 0 Å². The van der Waals surface area contributed by atoms with E-state index >= 15 is 0 Å². The Morgan fingerprint density at radius 3 is 2.11 bits per heavy atom. The molecule has 3 heteroatoms. The van der Waals surface area contributed by atoms with Crippen LogP contribution in [0.4, 0.5) is 0 Å². The van der Waals surface area contributed by atoms with E-state index in [1.54, 1.807) is 0 Å². The molecule has 0 bridgehead atoms. The van der Waals surface area contributed by atoms with Crippen molar-refractivity contribution in [3.8, 4) is 0 Å². The summed E-state index contributed by atoms with van der Waals surface area (Å²) < 4.78 is 17.1. The molecule has 1 aliphatic rings. The second-order valence-corrected chi connectivity index (χ2v) is 21.2. The van der Waals surface area contributed by atoms with E-state index in [1.807, 2.05) is 12.5 Å². The quantitative estimate of drug-likeness (QED) is 0.202. The predicted molar refractivity (Wildman–Crippen MR) is 123 cm³/mol. The van der Waals surface area contributed by atoms with Gasteiger partial charge in [0.15, 0.2) is 0 Å². The zero-order valence-corrected chi connectivity index (χ0v) is 22.0. The average Bonchev–Trinajstić information content (AvgIpc) is 3.21. The predicted octanol–water partition coefficient (Wildman–Crippen LogP) is 8.82. The van der Waals surface area contributed by atoms with Crippen LogP contribution in [0, 0.1) is 5.41 Å². The van der Waals surface area contributed by atoms with E-state index in [2.05, 4.69) is 46.8 Å². The first-order valence-corrected chi connectivity index (χ1v) is 19.1. The molecule has 2 nitrogen and oxygen atoms in total. The fraction of sp³-hybridized carbons (Fsp3) is 0.760. The molecule has 1 aromatic heterocycles. The van der Waals surface area contributed by atoms with Gasteiger partial charge >= 0.3 is 179 Å². The van der Waals surface area contributed by atoms with E-state index in [1.165, 1.54) is 82.2 Å². The van der Waals surface area contributed by atoms with Gasteiger partial charge in [0.2, 0.25) is 0 Å². The van der Waals surface area contributed by atoms with Gasteiger partial charge in [0.25, 0.3) is 0 Å². The Balaban J connectivity index is 2.39. The first-order valence-electron chi connectivity index (χ1n) is 11.9. The number of allylic oxidation sites excluding steroid dienone is 1. The molecule has 0 unspecified atom stereocenters. The molecule has 0 radical (unpaired) electrons. The van der Waals surface area contributed by atoms with Crippen LogP contribution < -0.4 is 0 Å². The normalized spacial score (nSPS) is 18.1. The Hall–Kier alpha value is -0.221. The average molecular weight is 495 g/mol. The number of hydrogen-bond acceptors (Lipinski definition) is 2. The van der Waals surface area contributed by atoms with Gasteiger partial charge in [-0.15, -0.1) is 0 Å². The SMILES string of the molecule is CCC[CH2][Sn]([CH2]CCC)([CH2]CCC)[O][C@@H](C1=CCCCC1(C)C)c1ccoc1. The second kappa shape index (κ2) is 11.8. The first kappa shape index (κ1) is 24.1. The van der Waals surface area contributed by atoms with Gasteiger partial charge in [-0.25, -0.2) is 0 Å².